The van der Waals surface area contributed by atoms with Gasteiger partial charge in [0.1, 0.15) is 0 Å². The Hall–Kier alpha value is -2.08. The highest BCUT2D eigenvalue weighted by Gasteiger charge is 2.18. The minimum Gasteiger partial charge on any atom is -0.478 e. The second kappa shape index (κ2) is 8.26. The lowest BCUT2D eigenvalue weighted by molar-refractivity contribution is 0.0697. The molecule has 0 bridgehead atoms. The van der Waals surface area contributed by atoms with E-state index in [4.69, 9.17) is 9.84 Å². The number of nitrogens with zero attached hydrogens (tertiary/aromatic N) is 1. The number of benzene rings is 1. The molecular weight excluding hydrogens is 272 g/mol. The number of aromatic carboxylic acids is 1. The molecule has 1 rings (SSSR count). The van der Waals surface area contributed by atoms with E-state index in [2.05, 4.69) is 5.32 Å². The number of carboxylic acids is 1. The molecule has 21 heavy (non-hydrogen) atoms. The van der Waals surface area contributed by atoms with E-state index in [1.165, 1.54) is 12.1 Å². The van der Waals surface area contributed by atoms with Gasteiger partial charge in [0.05, 0.1) is 12.2 Å². The molecular formula is C15H22N2O4. The zero-order valence-electron chi connectivity index (χ0n) is 12.6. The topological polar surface area (TPSA) is 78.9 Å². The number of carbonyl (C=O) groups is 2. The number of hydrogen-bond donors (Lipinski definition) is 2. The largest absolute Gasteiger partial charge is 0.478 e. The summed E-state index contributed by atoms with van der Waals surface area (Å²) in [6.45, 7) is 4.90. The molecule has 0 heterocycles. The van der Waals surface area contributed by atoms with Crippen molar-refractivity contribution < 1.29 is 19.4 Å². The number of anilines is 1. The number of carboxylic acid groups (broad SMARTS) is 1. The predicted molar refractivity (Wildman–Crippen MR) is 80.8 cm³/mol. The van der Waals surface area contributed by atoms with Crippen LogP contribution in [0.4, 0.5) is 10.5 Å². The SMILES string of the molecule is CCC(C)N(CCOC)C(=O)Nc1cccc(C(=O)O)c1. The van der Waals surface area contributed by atoms with Crippen LogP contribution in [0.25, 0.3) is 0 Å². The molecule has 0 radical (unpaired) electrons. The number of amides is 2. The first-order valence-corrected chi connectivity index (χ1v) is 6.89. The fraction of sp³-hybridized carbons (Fsp3) is 0.467. The molecule has 1 atom stereocenters. The maximum Gasteiger partial charge on any atom is 0.335 e. The van der Waals surface area contributed by atoms with Crippen LogP contribution in [0.1, 0.15) is 30.6 Å². The van der Waals surface area contributed by atoms with E-state index in [-0.39, 0.29) is 17.6 Å². The summed E-state index contributed by atoms with van der Waals surface area (Å²) in [6.07, 6.45) is 0.826. The Morgan fingerprint density at radius 3 is 2.71 bits per heavy atom. The van der Waals surface area contributed by atoms with E-state index in [0.717, 1.165) is 6.42 Å². The Labute approximate surface area is 124 Å². The van der Waals surface area contributed by atoms with E-state index < -0.39 is 5.97 Å². The maximum absolute atomic E-state index is 12.3. The lowest BCUT2D eigenvalue weighted by Gasteiger charge is -2.28. The standard InChI is InChI=1S/C15H22N2O4/c1-4-11(2)17(8-9-21-3)15(20)16-13-7-5-6-12(10-13)14(18)19/h5-7,10-11H,4,8-9H2,1-3H3,(H,16,20)(H,18,19). The third kappa shape index (κ3) is 5.07. The van der Waals surface area contributed by atoms with E-state index in [9.17, 15) is 9.59 Å². The molecule has 0 spiro atoms. The summed E-state index contributed by atoms with van der Waals surface area (Å²) < 4.78 is 5.02. The quantitative estimate of drug-likeness (QED) is 0.810. The van der Waals surface area contributed by atoms with E-state index in [1.54, 1.807) is 24.1 Å². The van der Waals surface area contributed by atoms with Crippen LogP contribution in [-0.4, -0.2) is 48.3 Å². The van der Waals surface area contributed by atoms with Crippen molar-refractivity contribution in [2.75, 3.05) is 25.6 Å². The van der Waals surface area contributed by atoms with Crippen molar-refractivity contribution in [3.8, 4) is 0 Å². The molecule has 1 unspecified atom stereocenters. The number of methoxy groups -OCH3 is 1. The summed E-state index contributed by atoms with van der Waals surface area (Å²) in [6, 6.07) is 5.99. The molecule has 6 heteroatoms. The Bertz CT molecular complexity index is 490. The van der Waals surface area contributed by atoms with Crippen molar-refractivity contribution in [1.29, 1.82) is 0 Å². The van der Waals surface area contributed by atoms with Gasteiger partial charge in [-0.05, 0) is 31.5 Å². The van der Waals surface area contributed by atoms with Crippen LogP contribution >= 0.6 is 0 Å². The molecule has 0 aliphatic carbocycles. The van der Waals surface area contributed by atoms with Crippen molar-refractivity contribution in [1.82, 2.24) is 4.90 Å². The number of nitrogens with one attached hydrogen (secondary N) is 1. The lowest BCUT2D eigenvalue weighted by atomic mass is 10.2. The van der Waals surface area contributed by atoms with Gasteiger partial charge in [-0.25, -0.2) is 9.59 Å². The molecule has 0 aromatic heterocycles. The minimum atomic E-state index is -1.02. The fourth-order valence-corrected chi connectivity index (χ4v) is 1.86. The van der Waals surface area contributed by atoms with Gasteiger partial charge < -0.3 is 20.1 Å². The summed E-state index contributed by atoms with van der Waals surface area (Å²) >= 11 is 0. The molecule has 2 N–H and O–H groups in total. The lowest BCUT2D eigenvalue weighted by Crippen LogP contribution is -2.43. The van der Waals surface area contributed by atoms with Crippen molar-refractivity contribution in [3.05, 3.63) is 29.8 Å². The van der Waals surface area contributed by atoms with E-state index in [1.807, 2.05) is 13.8 Å². The van der Waals surface area contributed by atoms with Gasteiger partial charge in [0.2, 0.25) is 0 Å². The first-order valence-electron chi connectivity index (χ1n) is 6.89. The van der Waals surface area contributed by atoms with Crippen LogP contribution in [0.2, 0.25) is 0 Å². The summed E-state index contributed by atoms with van der Waals surface area (Å²) in [4.78, 5) is 24.9. The summed E-state index contributed by atoms with van der Waals surface area (Å²) in [5, 5.41) is 11.7. The van der Waals surface area contributed by atoms with E-state index >= 15 is 0 Å². The molecule has 0 aliphatic heterocycles. The van der Waals surface area contributed by atoms with Gasteiger partial charge in [-0.15, -0.1) is 0 Å². The first-order chi connectivity index (χ1) is 9.99. The highest BCUT2D eigenvalue weighted by atomic mass is 16.5. The van der Waals surface area contributed by atoms with Crippen LogP contribution in [0.3, 0.4) is 0 Å². The van der Waals surface area contributed by atoms with Crippen molar-refractivity contribution in [2.45, 2.75) is 26.3 Å². The average molecular weight is 294 g/mol. The fourth-order valence-electron chi connectivity index (χ4n) is 1.86. The first kappa shape index (κ1) is 17.0. The van der Waals surface area contributed by atoms with Crippen LogP contribution in [-0.2, 0) is 4.74 Å². The molecule has 0 saturated heterocycles. The normalized spacial score (nSPS) is 11.8. The maximum atomic E-state index is 12.3. The number of carbonyl (C=O) groups excluding carboxylic acids is 1. The molecule has 0 fully saturated rings. The highest BCUT2D eigenvalue weighted by molar-refractivity contribution is 5.93. The van der Waals surface area contributed by atoms with Crippen molar-refractivity contribution >= 4 is 17.7 Å². The molecule has 0 saturated carbocycles. The van der Waals surface area contributed by atoms with Crippen LogP contribution in [0.15, 0.2) is 24.3 Å². The van der Waals surface area contributed by atoms with Gasteiger partial charge in [-0.1, -0.05) is 13.0 Å². The van der Waals surface area contributed by atoms with Crippen LogP contribution < -0.4 is 5.32 Å². The zero-order valence-corrected chi connectivity index (χ0v) is 12.6. The second-order valence-electron chi connectivity index (χ2n) is 4.76. The molecule has 6 nitrogen and oxygen atoms in total. The van der Waals surface area contributed by atoms with Crippen LogP contribution in [0.5, 0.6) is 0 Å². The number of urea groups is 1. The Morgan fingerprint density at radius 2 is 2.14 bits per heavy atom. The smallest absolute Gasteiger partial charge is 0.335 e. The summed E-state index contributed by atoms with van der Waals surface area (Å²) in [7, 11) is 1.59. The van der Waals surface area contributed by atoms with Gasteiger partial charge in [0.25, 0.3) is 0 Å². The Kier molecular flexibility index (Phi) is 6.68. The number of hydrogen-bond acceptors (Lipinski definition) is 3. The highest BCUT2D eigenvalue weighted by Crippen LogP contribution is 2.13. The van der Waals surface area contributed by atoms with Gasteiger partial charge in [0, 0.05) is 25.4 Å². The Balaban J connectivity index is 2.80. The molecule has 116 valence electrons. The summed E-state index contributed by atoms with van der Waals surface area (Å²) in [5.74, 6) is -1.02. The van der Waals surface area contributed by atoms with E-state index in [0.29, 0.717) is 18.8 Å². The van der Waals surface area contributed by atoms with Gasteiger partial charge in [-0.3, -0.25) is 0 Å². The summed E-state index contributed by atoms with van der Waals surface area (Å²) in [5.41, 5.74) is 0.602. The van der Waals surface area contributed by atoms with Gasteiger partial charge >= 0.3 is 12.0 Å². The number of ether oxygens (including phenoxy) is 1. The molecule has 1 aromatic rings. The molecule has 0 aliphatic rings. The average Bonchev–Trinajstić information content (AvgIpc) is 2.47. The van der Waals surface area contributed by atoms with Crippen molar-refractivity contribution in [3.63, 3.8) is 0 Å². The van der Waals surface area contributed by atoms with Crippen molar-refractivity contribution in [2.24, 2.45) is 0 Å². The van der Waals surface area contributed by atoms with Gasteiger partial charge in [-0.2, -0.15) is 0 Å². The minimum absolute atomic E-state index is 0.0720. The third-order valence-electron chi connectivity index (χ3n) is 3.28. The second-order valence-corrected chi connectivity index (χ2v) is 4.76. The predicted octanol–water partition coefficient (Wildman–Crippen LogP) is 2.66. The number of rotatable bonds is 7. The van der Waals surface area contributed by atoms with Gasteiger partial charge in [0.15, 0.2) is 0 Å². The third-order valence-corrected chi connectivity index (χ3v) is 3.28. The molecule has 2 amide bonds. The molecule has 1 aromatic carbocycles. The zero-order chi connectivity index (χ0) is 15.8. The monoisotopic (exact) mass is 294 g/mol. The Morgan fingerprint density at radius 1 is 1.43 bits per heavy atom. The van der Waals surface area contributed by atoms with Crippen LogP contribution in [0, 0.1) is 0 Å².